The standard InChI is InChI=1S/C13H15NO5/c1-19-9-2-3-11(10(5-9)13(17)18)14-6-8(7-15)4-12(14)16/h2-3,5,8,15H,4,6-7H2,1H3,(H,17,18). The van der Waals surface area contributed by atoms with Crippen LogP contribution in [0.3, 0.4) is 0 Å². The van der Waals surface area contributed by atoms with E-state index >= 15 is 0 Å². The first-order chi connectivity index (χ1) is 9.06. The molecule has 0 radical (unpaired) electrons. The third-order valence-electron chi connectivity index (χ3n) is 3.19. The maximum atomic E-state index is 11.9. The Labute approximate surface area is 110 Å². The summed E-state index contributed by atoms with van der Waals surface area (Å²) in [4.78, 5) is 24.5. The molecule has 0 bridgehead atoms. The summed E-state index contributed by atoms with van der Waals surface area (Å²) in [5, 5.41) is 18.3. The van der Waals surface area contributed by atoms with Crippen LogP contribution in [0.4, 0.5) is 5.69 Å². The van der Waals surface area contributed by atoms with Crippen molar-refractivity contribution in [2.45, 2.75) is 6.42 Å². The Balaban J connectivity index is 2.39. The van der Waals surface area contributed by atoms with Gasteiger partial charge in [0.05, 0.1) is 18.4 Å². The Morgan fingerprint density at radius 2 is 2.26 bits per heavy atom. The Kier molecular flexibility index (Phi) is 3.71. The van der Waals surface area contributed by atoms with E-state index in [9.17, 15) is 14.7 Å². The smallest absolute Gasteiger partial charge is 0.337 e. The van der Waals surface area contributed by atoms with E-state index in [-0.39, 0.29) is 30.4 Å². The normalized spacial score (nSPS) is 18.7. The van der Waals surface area contributed by atoms with Crippen LogP contribution in [0.25, 0.3) is 0 Å². The van der Waals surface area contributed by atoms with Crippen molar-refractivity contribution in [1.82, 2.24) is 0 Å². The average molecular weight is 265 g/mol. The van der Waals surface area contributed by atoms with Crippen LogP contribution in [0.15, 0.2) is 18.2 Å². The van der Waals surface area contributed by atoms with E-state index in [1.165, 1.54) is 18.1 Å². The molecular formula is C13H15NO5. The number of benzene rings is 1. The molecule has 1 aromatic rings. The lowest BCUT2D eigenvalue weighted by atomic mass is 10.1. The summed E-state index contributed by atoms with van der Waals surface area (Å²) in [5.41, 5.74) is 0.362. The van der Waals surface area contributed by atoms with Crippen LogP contribution in [0.1, 0.15) is 16.8 Å². The molecular weight excluding hydrogens is 250 g/mol. The number of carbonyl (C=O) groups excluding carboxylic acids is 1. The number of hydrogen-bond acceptors (Lipinski definition) is 4. The van der Waals surface area contributed by atoms with Gasteiger partial charge in [0.25, 0.3) is 0 Å². The molecule has 6 nitrogen and oxygen atoms in total. The number of aliphatic hydroxyl groups is 1. The zero-order valence-corrected chi connectivity index (χ0v) is 10.5. The van der Waals surface area contributed by atoms with Gasteiger partial charge in [0.1, 0.15) is 5.75 Å². The molecule has 1 fully saturated rings. The Hall–Kier alpha value is -2.08. The van der Waals surface area contributed by atoms with Gasteiger partial charge in [-0.15, -0.1) is 0 Å². The van der Waals surface area contributed by atoms with Crippen molar-refractivity contribution in [3.63, 3.8) is 0 Å². The SMILES string of the molecule is COc1ccc(N2CC(CO)CC2=O)c(C(=O)O)c1. The molecule has 102 valence electrons. The summed E-state index contributed by atoms with van der Waals surface area (Å²) < 4.78 is 4.99. The molecule has 1 heterocycles. The topological polar surface area (TPSA) is 87.1 Å². The summed E-state index contributed by atoms with van der Waals surface area (Å²) in [7, 11) is 1.45. The Morgan fingerprint density at radius 1 is 1.53 bits per heavy atom. The van der Waals surface area contributed by atoms with Gasteiger partial charge in [0.2, 0.25) is 5.91 Å². The summed E-state index contributed by atoms with van der Waals surface area (Å²) >= 11 is 0. The Morgan fingerprint density at radius 3 is 2.79 bits per heavy atom. The number of methoxy groups -OCH3 is 1. The third kappa shape index (κ3) is 2.53. The second kappa shape index (κ2) is 5.27. The molecule has 19 heavy (non-hydrogen) atoms. The number of amides is 1. The van der Waals surface area contributed by atoms with E-state index in [0.29, 0.717) is 18.0 Å². The highest BCUT2D eigenvalue weighted by molar-refractivity contribution is 6.03. The minimum Gasteiger partial charge on any atom is -0.497 e. The fourth-order valence-corrected chi connectivity index (χ4v) is 2.19. The second-order valence-electron chi connectivity index (χ2n) is 4.45. The number of carbonyl (C=O) groups is 2. The summed E-state index contributed by atoms with van der Waals surface area (Å²) in [6, 6.07) is 4.55. The van der Waals surface area contributed by atoms with Gasteiger partial charge in [-0.05, 0) is 18.2 Å². The lowest BCUT2D eigenvalue weighted by Gasteiger charge is -2.19. The molecule has 6 heteroatoms. The van der Waals surface area contributed by atoms with Gasteiger partial charge in [-0.25, -0.2) is 4.79 Å². The van der Waals surface area contributed by atoms with Crippen LogP contribution < -0.4 is 9.64 Å². The second-order valence-corrected chi connectivity index (χ2v) is 4.45. The van der Waals surface area contributed by atoms with E-state index in [1.54, 1.807) is 12.1 Å². The molecule has 1 saturated heterocycles. The zero-order chi connectivity index (χ0) is 14.0. The number of anilines is 1. The van der Waals surface area contributed by atoms with Gasteiger partial charge in [0, 0.05) is 25.5 Å². The van der Waals surface area contributed by atoms with Gasteiger partial charge in [0.15, 0.2) is 0 Å². The monoisotopic (exact) mass is 265 g/mol. The van der Waals surface area contributed by atoms with Crippen LogP contribution in [0.2, 0.25) is 0 Å². The van der Waals surface area contributed by atoms with Gasteiger partial charge in [-0.2, -0.15) is 0 Å². The van der Waals surface area contributed by atoms with Crippen LogP contribution in [0, 0.1) is 5.92 Å². The molecule has 0 aliphatic carbocycles. The average Bonchev–Trinajstić information content (AvgIpc) is 2.79. The number of carboxylic acid groups (broad SMARTS) is 1. The summed E-state index contributed by atoms with van der Waals surface area (Å²) in [5.74, 6) is -1.01. The fraction of sp³-hybridized carbons (Fsp3) is 0.385. The quantitative estimate of drug-likeness (QED) is 0.838. The number of carboxylic acids is 1. The highest BCUT2D eigenvalue weighted by Gasteiger charge is 2.32. The van der Waals surface area contributed by atoms with Crippen molar-refractivity contribution in [3.05, 3.63) is 23.8 Å². The minimum atomic E-state index is -1.12. The van der Waals surface area contributed by atoms with Gasteiger partial charge in [-0.1, -0.05) is 0 Å². The first-order valence-electron chi connectivity index (χ1n) is 5.89. The largest absolute Gasteiger partial charge is 0.497 e. The maximum absolute atomic E-state index is 11.9. The molecule has 2 N–H and O–H groups in total. The molecule has 1 unspecified atom stereocenters. The molecule has 1 amide bonds. The highest BCUT2D eigenvalue weighted by Crippen LogP contribution is 2.30. The lowest BCUT2D eigenvalue weighted by molar-refractivity contribution is -0.117. The van der Waals surface area contributed by atoms with Crippen molar-refractivity contribution in [2.24, 2.45) is 5.92 Å². The lowest BCUT2D eigenvalue weighted by Crippen LogP contribution is -2.26. The predicted molar refractivity (Wildman–Crippen MR) is 67.5 cm³/mol. The first-order valence-corrected chi connectivity index (χ1v) is 5.89. The molecule has 0 aromatic heterocycles. The van der Waals surface area contributed by atoms with Gasteiger partial charge >= 0.3 is 5.97 Å². The van der Waals surface area contributed by atoms with Gasteiger partial charge in [-0.3, -0.25) is 4.79 Å². The van der Waals surface area contributed by atoms with E-state index in [1.807, 2.05) is 0 Å². The number of nitrogens with zero attached hydrogens (tertiary/aromatic N) is 1. The number of aromatic carboxylic acids is 1. The van der Waals surface area contributed by atoms with E-state index in [0.717, 1.165) is 0 Å². The van der Waals surface area contributed by atoms with Gasteiger partial charge < -0.3 is 19.8 Å². The zero-order valence-electron chi connectivity index (χ0n) is 10.5. The highest BCUT2D eigenvalue weighted by atomic mass is 16.5. The maximum Gasteiger partial charge on any atom is 0.337 e. The molecule has 2 rings (SSSR count). The van der Waals surface area contributed by atoms with Crippen LogP contribution >= 0.6 is 0 Å². The van der Waals surface area contributed by atoms with Crippen LogP contribution in [-0.4, -0.2) is 42.4 Å². The van der Waals surface area contributed by atoms with E-state index in [2.05, 4.69) is 0 Å². The molecule has 1 aliphatic rings. The first kappa shape index (κ1) is 13.4. The van der Waals surface area contributed by atoms with E-state index < -0.39 is 5.97 Å². The molecule has 0 spiro atoms. The number of aliphatic hydroxyl groups excluding tert-OH is 1. The van der Waals surface area contributed by atoms with Crippen molar-refractivity contribution in [2.75, 3.05) is 25.2 Å². The number of ether oxygens (including phenoxy) is 1. The summed E-state index contributed by atoms with van der Waals surface area (Å²) in [6.45, 7) is 0.253. The van der Waals surface area contributed by atoms with Crippen molar-refractivity contribution >= 4 is 17.6 Å². The molecule has 1 atom stereocenters. The summed E-state index contributed by atoms with van der Waals surface area (Å²) in [6.07, 6.45) is 0.238. The van der Waals surface area contributed by atoms with Crippen LogP contribution in [-0.2, 0) is 4.79 Å². The molecule has 1 aromatic carbocycles. The van der Waals surface area contributed by atoms with E-state index in [4.69, 9.17) is 9.84 Å². The van der Waals surface area contributed by atoms with Crippen molar-refractivity contribution in [3.8, 4) is 5.75 Å². The number of hydrogen-bond donors (Lipinski definition) is 2. The van der Waals surface area contributed by atoms with Crippen molar-refractivity contribution in [1.29, 1.82) is 0 Å². The molecule has 1 aliphatic heterocycles. The third-order valence-corrected chi connectivity index (χ3v) is 3.19. The Bertz CT molecular complexity index is 514. The number of rotatable bonds is 4. The van der Waals surface area contributed by atoms with Crippen LogP contribution in [0.5, 0.6) is 5.75 Å². The van der Waals surface area contributed by atoms with Crippen molar-refractivity contribution < 1.29 is 24.5 Å². The minimum absolute atomic E-state index is 0.0197. The predicted octanol–water partition coefficient (Wildman–Crippen LogP) is 0.739. The fourth-order valence-electron chi connectivity index (χ4n) is 2.19. The molecule has 0 saturated carbocycles.